The highest BCUT2D eigenvalue weighted by atomic mass is 16.8. The van der Waals surface area contributed by atoms with Gasteiger partial charge in [0.2, 0.25) is 0 Å². The lowest BCUT2D eigenvalue weighted by Crippen LogP contribution is -2.67. The molecule has 3 aliphatic heterocycles. The maximum absolute atomic E-state index is 12.5. The first-order valence-electron chi connectivity index (χ1n) is 18.6. The van der Waals surface area contributed by atoms with Crippen LogP contribution in [0, 0.1) is 0 Å². The molecule has 0 saturated carbocycles. The Bertz CT molecular complexity index is 1610. The van der Waals surface area contributed by atoms with E-state index in [1.165, 1.54) is 0 Å². The standard InChI is InChI=1S/C36H50O25/c1-13(37)48-10-23-27(52-16(4)40)30(54-18(6)42)32(56-20(8)44)35(59-23)50-12-22-26(51-15(3)39)29(25(46)34(47)58-22)61-36-33(57-21(9)45)31(55-19(7)43)28(53-17(5)41)24(60-36)11-49-14(2)38/h22-36,46-47H,10-12H2,1-9H3/t22-,23-,24-,25-,26-,27-,28-,29-,30+,31+,32-,33-,34+,35-,36+/m1/s1. The molecule has 0 aromatic heterocycles. The number of ether oxygens (including phenoxy) is 14. The van der Waals surface area contributed by atoms with Crippen molar-refractivity contribution in [2.24, 2.45) is 0 Å². The number of carbonyl (C=O) groups is 9. The lowest BCUT2D eigenvalue weighted by Gasteiger charge is -2.48. The monoisotopic (exact) mass is 882 g/mol. The van der Waals surface area contributed by atoms with E-state index in [-0.39, 0.29) is 0 Å². The van der Waals surface area contributed by atoms with E-state index < -0.39 is 166 Å². The first kappa shape index (κ1) is 50.3. The van der Waals surface area contributed by atoms with Crippen molar-refractivity contribution in [2.45, 2.75) is 154 Å². The van der Waals surface area contributed by atoms with Crippen LogP contribution in [0.15, 0.2) is 0 Å². The van der Waals surface area contributed by atoms with Gasteiger partial charge in [-0.2, -0.15) is 0 Å². The molecule has 0 radical (unpaired) electrons. The van der Waals surface area contributed by atoms with Crippen molar-refractivity contribution < 1.29 is 120 Å². The molecule has 3 heterocycles. The summed E-state index contributed by atoms with van der Waals surface area (Å²) in [4.78, 5) is 110. The fourth-order valence-electron chi connectivity index (χ4n) is 6.50. The summed E-state index contributed by atoms with van der Waals surface area (Å²) in [6.45, 7) is 6.96. The Kier molecular flexibility index (Phi) is 18.7. The Labute approximate surface area is 347 Å². The lowest BCUT2D eigenvalue weighted by atomic mass is 9.96. The highest BCUT2D eigenvalue weighted by Crippen LogP contribution is 2.35. The van der Waals surface area contributed by atoms with Crippen molar-refractivity contribution in [3.63, 3.8) is 0 Å². The highest BCUT2D eigenvalue weighted by Gasteiger charge is 2.57. The average Bonchev–Trinajstić information content (AvgIpc) is 3.12. The van der Waals surface area contributed by atoms with E-state index in [9.17, 15) is 53.4 Å². The number of aliphatic hydroxyl groups excluding tert-OH is 2. The smallest absolute Gasteiger partial charge is 0.303 e. The number of carbonyl (C=O) groups excluding carboxylic acids is 9. The van der Waals surface area contributed by atoms with E-state index in [1.807, 2.05) is 0 Å². The second-order valence-electron chi connectivity index (χ2n) is 13.7. The molecule has 0 aliphatic carbocycles. The van der Waals surface area contributed by atoms with Crippen LogP contribution in [-0.2, 0) is 109 Å². The molecule has 3 rings (SSSR count). The van der Waals surface area contributed by atoms with E-state index in [2.05, 4.69) is 0 Å². The quantitative estimate of drug-likeness (QED) is 0.120. The summed E-state index contributed by atoms with van der Waals surface area (Å²) in [7, 11) is 0. The van der Waals surface area contributed by atoms with Gasteiger partial charge in [0, 0.05) is 62.3 Å². The molecule has 2 N–H and O–H groups in total. The maximum atomic E-state index is 12.5. The fraction of sp³-hybridized carbons (Fsp3) is 0.750. The number of hydrogen-bond acceptors (Lipinski definition) is 25. The summed E-state index contributed by atoms with van der Waals surface area (Å²) in [5, 5.41) is 22.2. The predicted octanol–water partition coefficient (Wildman–Crippen LogP) is -2.44. The van der Waals surface area contributed by atoms with Gasteiger partial charge in [-0.05, 0) is 0 Å². The van der Waals surface area contributed by atoms with E-state index >= 15 is 0 Å². The van der Waals surface area contributed by atoms with Gasteiger partial charge < -0.3 is 76.5 Å². The minimum absolute atomic E-state index is 0.607. The number of hydrogen-bond donors (Lipinski definition) is 2. The zero-order valence-corrected chi connectivity index (χ0v) is 34.6. The molecule has 0 aromatic rings. The van der Waals surface area contributed by atoms with Crippen LogP contribution in [0.25, 0.3) is 0 Å². The predicted molar refractivity (Wildman–Crippen MR) is 187 cm³/mol. The summed E-state index contributed by atoms with van der Waals surface area (Å²) in [6.07, 6.45) is -26.4. The molecule has 0 aromatic carbocycles. The molecule has 3 aliphatic rings. The van der Waals surface area contributed by atoms with E-state index in [4.69, 9.17) is 66.3 Å². The second-order valence-corrected chi connectivity index (χ2v) is 13.7. The van der Waals surface area contributed by atoms with Crippen molar-refractivity contribution in [3.8, 4) is 0 Å². The molecule has 25 heteroatoms. The summed E-state index contributed by atoms with van der Waals surface area (Å²) in [5.74, 6) is -8.28. The van der Waals surface area contributed by atoms with Crippen molar-refractivity contribution in [1.82, 2.24) is 0 Å². The topological polar surface area (TPSA) is 323 Å². The average molecular weight is 883 g/mol. The van der Waals surface area contributed by atoms with Gasteiger partial charge in [0.15, 0.2) is 61.6 Å². The third-order valence-electron chi connectivity index (χ3n) is 8.55. The SMILES string of the molecule is CC(=O)OC[C@H]1O[C@@H](OC[C@H]2O[C@H](O)[C@H](O)[C@@H](O[C@@H]3O[C@H](COC(C)=O)[C@@H](OC(C)=O)[C@H](OC(C)=O)[C@H]3OC(C)=O)[C@@H]2OC(C)=O)[C@H](OC(C)=O)[C@@H](OC(C)=O)[C@@H]1OC(C)=O. The fourth-order valence-corrected chi connectivity index (χ4v) is 6.50. The van der Waals surface area contributed by atoms with Crippen molar-refractivity contribution in [3.05, 3.63) is 0 Å². The van der Waals surface area contributed by atoms with Crippen molar-refractivity contribution in [1.29, 1.82) is 0 Å². The van der Waals surface area contributed by atoms with Gasteiger partial charge in [-0.1, -0.05) is 0 Å². The molecule has 344 valence electrons. The minimum Gasteiger partial charge on any atom is -0.463 e. The lowest BCUT2D eigenvalue weighted by molar-refractivity contribution is -0.363. The Morgan fingerprint density at radius 2 is 0.689 bits per heavy atom. The molecular weight excluding hydrogens is 832 g/mol. The summed E-state index contributed by atoms with van der Waals surface area (Å²) in [5.41, 5.74) is 0. The van der Waals surface area contributed by atoms with Crippen LogP contribution >= 0.6 is 0 Å². The van der Waals surface area contributed by atoms with Crippen LogP contribution in [0.1, 0.15) is 62.3 Å². The van der Waals surface area contributed by atoms with Crippen LogP contribution < -0.4 is 0 Å². The molecule has 61 heavy (non-hydrogen) atoms. The molecule has 0 amide bonds. The Morgan fingerprint density at radius 3 is 1.07 bits per heavy atom. The van der Waals surface area contributed by atoms with Crippen LogP contribution in [0.4, 0.5) is 0 Å². The summed E-state index contributed by atoms with van der Waals surface area (Å²) in [6, 6.07) is 0. The molecule has 0 spiro atoms. The van der Waals surface area contributed by atoms with Gasteiger partial charge in [0.1, 0.15) is 43.7 Å². The van der Waals surface area contributed by atoms with Crippen LogP contribution in [0.5, 0.6) is 0 Å². The van der Waals surface area contributed by atoms with E-state index in [0.29, 0.717) is 0 Å². The second kappa shape index (κ2) is 22.7. The molecule has 0 bridgehead atoms. The Balaban J connectivity index is 2.07. The number of rotatable bonds is 16. The van der Waals surface area contributed by atoms with E-state index in [0.717, 1.165) is 62.3 Å². The van der Waals surface area contributed by atoms with Gasteiger partial charge >= 0.3 is 53.7 Å². The minimum atomic E-state index is -2.17. The molecule has 3 saturated heterocycles. The van der Waals surface area contributed by atoms with Gasteiger partial charge in [0.05, 0.1) is 6.61 Å². The molecule has 15 atom stereocenters. The normalized spacial score (nSPS) is 33.4. The van der Waals surface area contributed by atoms with Crippen LogP contribution in [0.2, 0.25) is 0 Å². The van der Waals surface area contributed by atoms with Gasteiger partial charge in [-0.15, -0.1) is 0 Å². The van der Waals surface area contributed by atoms with Gasteiger partial charge in [0.25, 0.3) is 0 Å². The van der Waals surface area contributed by atoms with Crippen molar-refractivity contribution >= 4 is 53.7 Å². The third kappa shape index (κ3) is 14.8. The molecule has 0 unspecified atom stereocenters. The first-order valence-corrected chi connectivity index (χ1v) is 18.6. The van der Waals surface area contributed by atoms with E-state index in [1.54, 1.807) is 0 Å². The van der Waals surface area contributed by atoms with Crippen LogP contribution in [0.3, 0.4) is 0 Å². The largest absolute Gasteiger partial charge is 0.463 e. The van der Waals surface area contributed by atoms with Gasteiger partial charge in [-0.3, -0.25) is 43.2 Å². The van der Waals surface area contributed by atoms with Crippen molar-refractivity contribution in [2.75, 3.05) is 19.8 Å². The summed E-state index contributed by atoms with van der Waals surface area (Å²) < 4.78 is 77.3. The maximum Gasteiger partial charge on any atom is 0.303 e. The van der Waals surface area contributed by atoms with Crippen LogP contribution in [-0.4, -0.2) is 176 Å². The Morgan fingerprint density at radius 1 is 0.377 bits per heavy atom. The Hall–Kier alpha value is -5.05. The number of esters is 9. The summed E-state index contributed by atoms with van der Waals surface area (Å²) >= 11 is 0. The van der Waals surface area contributed by atoms with Gasteiger partial charge in [-0.25, -0.2) is 0 Å². The highest BCUT2D eigenvalue weighted by molar-refractivity contribution is 5.70. The third-order valence-corrected chi connectivity index (χ3v) is 8.55. The number of aliphatic hydroxyl groups is 2. The molecule has 3 fully saturated rings. The zero-order chi connectivity index (χ0) is 45.9. The molecular formula is C36H50O25. The zero-order valence-electron chi connectivity index (χ0n) is 34.6. The molecule has 25 nitrogen and oxygen atoms in total. The first-order chi connectivity index (χ1) is 28.5.